The van der Waals surface area contributed by atoms with E-state index in [2.05, 4.69) is 0 Å². The molecule has 0 spiro atoms. The molecule has 1 aromatic carbocycles. The molecule has 80 valence electrons. The van der Waals surface area contributed by atoms with E-state index in [1.807, 2.05) is 6.92 Å². The van der Waals surface area contributed by atoms with Gasteiger partial charge in [0.15, 0.2) is 0 Å². The Kier molecular flexibility index (Phi) is 5.69. The second-order valence-electron chi connectivity index (χ2n) is 3.21. The van der Waals surface area contributed by atoms with Gasteiger partial charge in [-0.25, -0.2) is 4.39 Å². The van der Waals surface area contributed by atoms with Crippen molar-refractivity contribution >= 4 is 12.4 Å². The zero-order chi connectivity index (χ0) is 9.84. The number of rotatable bonds is 3. The lowest BCUT2D eigenvalue weighted by Crippen LogP contribution is -2.16. The van der Waals surface area contributed by atoms with Gasteiger partial charge in [0, 0.05) is 11.6 Å². The molecule has 1 rings (SSSR count). The van der Waals surface area contributed by atoms with Gasteiger partial charge in [0.25, 0.3) is 0 Å². The zero-order valence-electron chi connectivity index (χ0n) is 8.16. The summed E-state index contributed by atoms with van der Waals surface area (Å²) in [6.45, 7) is 2.40. The molecule has 14 heavy (non-hydrogen) atoms. The minimum atomic E-state index is -0.287. The summed E-state index contributed by atoms with van der Waals surface area (Å²) in [7, 11) is 0. The van der Waals surface area contributed by atoms with Crippen LogP contribution in [-0.4, -0.2) is 6.54 Å². The molecular weight excluding hydrogens is 203 g/mol. The molecule has 0 bridgehead atoms. The minimum Gasteiger partial charge on any atom is -0.330 e. The minimum absolute atomic E-state index is 0. The largest absolute Gasteiger partial charge is 0.330 e. The molecule has 0 aromatic heterocycles. The van der Waals surface area contributed by atoms with Crippen LogP contribution in [0.25, 0.3) is 0 Å². The number of aryl methyl sites for hydroxylation is 1. The van der Waals surface area contributed by atoms with Crippen molar-refractivity contribution in [1.82, 2.24) is 0 Å². The van der Waals surface area contributed by atoms with Gasteiger partial charge >= 0.3 is 0 Å². The lowest BCUT2D eigenvalue weighted by molar-refractivity contribution is 0.566. The van der Waals surface area contributed by atoms with Crippen molar-refractivity contribution in [1.29, 1.82) is 0 Å². The van der Waals surface area contributed by atoms with E-state index in [1.54, 1.807) is 12.1 Å². The Balaban J connectivity index is 0.00000169. The van der Waals surface area contributed by atoms with E-state index in [0.29, 0.717) is 18.5 Å². The van der Waals surface area contributed by atoms with Gasteiger partial charge in [-0.05, 0) is 26.0 Å². The second kappa shape index (κ2) is 5.96. The number of benzene rings is 1. The summed E-state index contributed by atoms with van der Waals surface area (Å²) in [6.07, 6.45) is 0.611. The molecule has 4 N–H and O–H groups in total. The molecule has 1 aromatic rings. The fourth-order valence-electron chi connectivity index (χ4n) is 1.28. The third-order valence-corrected chi connectivity index (χ3v) is 2.03. The lowest BCUT2D eigenvalue weighted by Gasteiger charge is -2.12. The monoisotopic (exact) mass is 218 g/mol. The Bertz CT molecular complexity index is 291. The number of halogens is 2. The molecule has 2 nitrogen and oxygen atoms in total. The summed E-state index contributed by atoms with van der Waals surface area (Å²) in [4.78, 5) is 0. The van der Waals surface area contributed by atoms with Crippen LogP contribution in [0.4, 0.5) is 4.39 Å². The van der Waals surface area contributed by atoms with Gasteiger partial charge < -0.3 is 11.5 Å². The predicted octanol–water partition coefficient (Wildman–Crippen LogP) is 1.90. The van der Waals surface area contributed by atoms with E-state index in [9.17, 15) is 4.39 Å². The fourth-order valence-corrected chi connectivity index (χ4v) is 1.28. The summed E-state index contributed by atoms with van der Waals surface area (Å²) in [5.74, 6) is -0.244. The van der Waals surface area contributed by atoms with Crippen LogP contribution in [0.2, 0.25) is 0 Å². The standard InChI is InChI=1S/C10H15FN2.ClH/c1-7-2-3-9(11)8(6-7)10(13)4-5-12;/h2-3,6,10H,4-5,12-13H2,1H3;1H/t10-;/m1./s1. The average Bonchev–Trinajstić information content (AvgIpc) is 2.09. The highest BCUT2D eigenvalue weighted by atomic mass is 35.5. The Morgan fingerprint density at radius 2 is 2.07 bits per heavy atom. The molecule has 0 amide bonds. The Morgan fingerprint density at radius 3 is 2.64 bits per heavy atom. The highest BCUT2D eigenvalue weighted by Gasteiger charge is 2.10. The van der Waals surface area contributed by atoms with Crippen molar-refractivity contribution in [2.24, 2.45) is 11.5 Å². The third-order valence-electron chi connectivity index (χ3n) is 2.03. The van der Waals surface area contributed by atoms with Gasteiger partial charge in [0.2, 0.25) is 0 Å². The van der Waals surface area contributed by atoms with E-state index in [1.165, 1.54) is 6.07 Å². The van der Waals surface area contributed by atoms with Gasteiger partial charge in [-0.1, -0.05) is 17.7 Å². The Hall–Kier alpha value is -0.640. The lowest BCUT2D eigenvalue weighted by atomic mass is 10.0. The molecule has 0 aliphatic heterocycles. The van der Waals surface area contributed by atoms with Gasteiger partial charge in [0.1, 0.15) is 5.82 Å². The van der Waals surface area contributed by atoms with Crippen molar-refractivity contribution in [3.05, 3.63) is 35.1 Å². The van der Waals surface area contributed by atoms with Gasteiger partial charge in [-0.15, -0.1) is 12.4 Å². The van der Waals surface area contributed by atoms with Gasteiger partial charge in [0.05, 0.1) is 0 Å². The molecule has 0 heterocycles. The average molecular weight is 219 g/mol. The number of hydrogen-bond donors (Lipinski definition) is 2. The molecule has 0 unspecified atom stereocenters. The third kappa shape index (κ3) is 3.25. The molecule has 0 fully saturated rings. The molecule has 0 saturated heterocycles. The van der Waals surface area contributed by atoms with Gasteiger partial charge in [-0.2, -0.15) is 0 Å². The summed E-state index contributed by atoms with van der Waals surface area (Å²) < 4.78 is 13.2. The number of hydrogen-bond acceptors (Lipinski definition) is 2. The first-order chi connectivity index (χ1) is 6.15. The molecule has 4 heteroatoms. The predicted molar refractivity (Wildman–Crippen MR) is 59.0 cm³/mol. The first-order valence-electron chi connectivity index (χ1n) is 4.37. The van der Waals surface area contributed by atoms with Crippen molar-refractivity contribution in [3.63, 3.8) is 0 Å². The van der Waals surface area contributed by atoms with E-state index in [4.69, 9.17) is 11.5 Å². The molecule has 1 atom stereocenters. The van der Waals surface area contributed by atoms with E-state index in [-0.39, 0.29) is 24.3 Å². The van der Waals surface area contributed by atoms with Crippen LogP contribution in [0.3, 0.4) is 0 Å². The number of nitrogens with two attached hydrogens (primary N) is 2. The normalized spacial score (nSPS) is 12.0. The summed E-state index contributed by atoms with van der Waals surface area (Å²) in [6, 6.07) is 4.66. The maximum absolute atomic E-state index is 13.2. The zero-order valence-corrected chi connectivity index (χ0v) is 8.98. The van der Waals surface area contributed by atoms with Gasteiger partial charge in [-0.3, -0.25) is 0 Å². The topological polar surface area (TPSA) is 52.0 Å². The molecule has 0 aliphatic rings. The van der Waals surface area contributed by atoms with Crippen LogP contribution in [0.5, 0.6) is 0 Å². The maximum Gasteiger partial charge on any atom is 0.127 e. The van der Waals surface area contributed by atoms with E-state index >= 15 is 0 Å². The van der Waals surface area contributed by atoms with Crippen LogP contribution in [0.1, 0.15) is 23.6 Å². The van der Waals surface area contributed by atoms with Crippen molar-refractivity contribution in [3.8, 4) is 0 Å². The highest BCUT2D eigenvalue weighted by molar-refractivity contribution is 5.85. The Morgan fingerprint density at radius 1 is 1.43 bits per heavy atom. The van der Waals surface area contributed by atoms with Crippen molar-refractivity contribution < 1.29 is 4.39 Å². The van der Waals surface area contributed by atoms with E-state index in [0.717, 1.165) is 5.56 Å². The molecule has 0 saturated carbocycles. The summed E-state index contributed by atoms with van der Waals surface area (Å²) in [5, 5.41) is 0. The highest BCUT2D eigenvalue weighted by Crippen LogP contribution is 2.18. The first-order valence-corrected chi connectivity index (χ1v) is 4.37. The van der Waals surface area contributed by atoms with Crippen molar-refractivity contribution in [2.45, 2.75) is 19.4 Å². The molecule has 0 aliphatic carbocycles. The van der Waals surface area contributed by atoms with Crippen LogP contribution in [0, 0.1) is 12.7 Å². The van der Waals surface area contributed by atoms with Crippen LogP contribution in [-0.2, 0) is 0 Å². The van der Waals surface area contributed by atoms with Crippen molar-refractivity contribution in [2.75, 3.05) is 6.54 Å². The molecular formula is C10H16ClFN2. The smallest absolute Gasteiger partial charge is 0.127 e. The van der Waals surface area contributed by atoms with Crippen LogP contribution < -0.4 is 11.5 Å². The fraction of sp³-hybridized carbons (Fsp3) is 0.400. The van der Waals surface area contributed by atoms with E-state index < -0.39 is 0 Å². The van der Waals surface area contributed by atoms with Crippen LogP contribution >= 0.6 is 12.4 Å². The summed E-state index contributed by atoms with van der Waals surface area (Å²) in [5.41, 5.74) is 12.7. The Labute approximate surface area is 89.9 Å². The quantitative estimate of drug-likeness (QED) is 0.814. The molecule has 0 radical (unpaired) electrons. The first kappa shape index (κ1) is 13.4. The SMILES string of the molecule is Cc1ccc(F)c([C@H](N)CCN)c1.Cl. The summed E-state index contributed by atoms with van der Waals surface area (Å²) >= 11 is 0. The second-order valence-corrected chi connectivity index (χ2v) is 3.21. The maximum atomic E-state index is 13.2. The van der Waals surface area contributed by atoms with Crippen LogP contribution in [0.15, 0.2) is 18.2 Å².